The van der Waals surface area contributed by atoms with E-state index >= 15 is 0 Å². The summed E-state index contributed by atoms with van der Waals surface area (Å²) in [5.74, 6) is 1.81. The first-order valence-corrected chi connectivity index (χ1v) is 12.8. The first kappa shape index (κ1) is 21.7. The number of hydrogen-bond acceptors (Lipinski definition) is 6. The lowest BCUT2D eigenvalue weighted by atomic mass is 10.1. The number of rotatable bonds is 4. The van der Waals surface area contributed by atoms with Gasteiger partial charge in [-0.05, 0) is 42.5 Å². The maximum atomic E-state index is 13.0. The van der Waals surface area contributed by atoms with Crippen molar-refractivity contribution in [2.24, 2.45) is 0 Å². The summed E-state index contributed by atoms with van der Waals surface area (Å²) in [6.07, 6.45) is 1.35. The highest BCUT2D eigenvalue weighted by Crippen LogP contribution is 2.30. The molecule has 0 saturated carbocycles. The Morgan fingerprint density at radius 2 is 1.80 bits per heavy atom. The summed E-state index contributed by atoms with van der Waals surface area (Å²) in [6.45, 7) is 5.04. The average molecular weight is 483 g/mol. The Bertz CT molecular complexity index is 1510. The van der Waals surface area contributed by atoms with E-state index in [4.69, 9.17) is 4.98 Å². The van der Waals surface area contributed by atoms with E-state index in [0.717, 1.165) is 63.8 Å². The molecule has 8 heteroatoms. The Morgan fingerprint density at radius 1 is 0.943 bits per heavy atom. The van der Waals surface area contributed by atoms with Crippen molar-refractivity contribution in [1.82, 2.24) is 24.5 Å². The van der Waals surface area contributed by atoms with E-state index < -0.39 is 0 Å². The largest absolute Gasteiger partial charge is 0.341 e. The number of para-hydroxylation sites is 1. The summed E-state index contributed by atoms with van der Waals surface area (Å²) < 4.78 is 2.09. The first-order chi connectivity index (χ1) is 17.2. The van der Waals surface area contributed by atoms with Crippen molar-refractivity contribution in [1.29, 1.82) is 0 Å². The molecule has 0 bridgehead atoms. The monoisotopic (exact) mass is 482 g/mol. The Hall–Kier alpha value is -3.78. The standard InChI is InChI=1S/C27H26N6OS/c1-19-8-2-3-10-21(19)25-29-30-26-22-11-4-5-12-23(22)28-27(33(25)26)32-14-7-13-31(15-16-32)24(34)18-20-9-6-17-35-20/h2-6,8-12,17H,7,13-16,18H2,1H3. The second kappa shape index (κ2) is 9.11. The maximum absolute atomic E-state index is 13.0. The smallest absolute Gasteiger partial charge is 0.227 e. The van der Waals surface area contributed by atoms with Crippen molar-refractivity contribution in [3.63, 3.8) is 0 Å². The molecule has 1 amide bonds. The van der Waals surface area contributed by atoms with E-state index in [1.807, 2.05) is 58.8 Å². The minimum Gasteiger partial charge on any atom is -0.341 e. The van der Waals surface area contributed by atoms with E-state index in [2.05, 4.69) is 38.6 Å². The molecule has 2 aromatic carbocycles. The number of amides is 1. The molecule has 4 heterocycles. The molecule has 1 fully saturated rings. The minimum absolute atomic E-state index is 0.191. The summed E-state index contributed by atoms with van der Waals surface area (Å²) in [7, 11) is 0. The van der Waals surface area contributed by atoms with Crippen LogP contribution in [-0.4, -0.2) is 56.6 Å². The van der Waals surface area contributed by atoms with Gasteiger partial charge in [-0.3, -0.25) is 4.79 Å². The van der Waals surface area contributed by atoms with Gasteiger partial charge in [-0.15, -0.1) is 21.5 Å². The molecule has 176 valence electrons. The molecular weight excluding hydrogens is 456 g/mol. The molecule has 0 aliphatic carbocycles. The highest BCUT2D eigenvalue weighted by molar-refractivity contribution is 7.10. The fourth-order valence-electron chi connectivity index (χ4n) is 4.82. The number of aromatic nitrogens is 4. The third-order valence-electron chi connectivity index (χ3n) is 6.65. The zero-order valence-corrected chi connectivity index (χ0v) is 20.4. The number of benzene rings is 2. The van der Waals surface area contributed by atoms with Crippen LogP contribution in [0.1, 0.15) is 16.9 Å². The molecule has 1 aliphatic heterocycles. The van der Waals surface area contributed by atoms with E-state index in [-0.39, 0.29) is 5.91 Å². The van der Waals surface area contributed by atoms with E-state index in [1.54, 1.807) is 11.3 Å². The lowest BCUT2D eigenvalue weighted by Gasteiger charge is -2.24. The fourth-order valence-corrected chi connectivity index (χ4v) is 5.51. The van der Waals surface area contributed by atoms with Gasteiger partial charge in [0.05, 0.1) is 11.9 Å². The molecule has 1 aliphatic rings. The van der Waals surface area contributed by atoms with Gasteiger partial charge in [0.2, 0.25) is 11.9 Å². The van der Waals surface area contributed by atoms with Crippen LogP contribution in [0, 0.1) is 6.92 Å². The molecule has 3 aromatic heterocycles. The van der Waals surface area contributed by atoms with Crippen molar-refractivity contribution in [2.45, 2.75) is 19.8 Å². The van der Waals surface area contributed by atoms with Crippen LogP contribution < -0.4 is 4.90 Å². The molecule has 0 N–H and O–H groups in total. The van der Waals surface area contributed by atoms with Crippen molar-refractivity contribution in [3.8, 4) is 11.4 Å². The summed E-state index contributed by atoms with van der Waals surface area (Å²) in [4.78, 5) is 23.4. The number of carbonyl (C=O) groups is 1. The summed E-state index contributed by atoms with van der Waals surface area (Å²) in [6, 6.07) is 20.3. The Kier molecular flexibility index (Phi) is 5.66. The number of aryl methyl sites for hydroxylation is 1. The molecule has 0 radical (unpaired) electrons. The molecular formula is C27H26N6OS. The predicted molar refractivity (Wildman–Crippen MR) is 140 cm³/mol. The van der Waals surface area contributed by atoms with Crippen LogP contribution in [0.2, 0.25) is 0 Å². The molecule has 5 aromatic rings. The normalized spacial score (nSPS) is 14.5. The van der Waals surface area contributed by atoms with Gasteiger partial charge in [0.1, 0.15) is 0 Å². The van der Waals surface area contributed by atoms with Crippen molar-refractivity contribution >= 4 is 39.7 Å². The number of fused-ring (bicyclic) bond motifs is 3. The van der Waals surface area contributed by atoms with Crippen LogP contribution >= 0.6 is 11.3 Å². The summed E-state index contributed by atoms with van der Waals surface area (Å²) in [5.41, 5.74) is 3.88. The third-order valence-corrected chi connectivity index (χ3v) is 7.53. The van der Waals surface area contributed by atoms with Crippen LogP contribution in [0.15, 0.2) is 66.0 Å². The van der Waals surface area contributed by atoms with Crippen LogP contribution in [-0.2, 0) is 11.2 Å². The Balaban J connectivity index is 1.39. The summed E-state index contributed by atoms with van der Waals surface area (Å²) >= 11 is 1.64. The lowest BCUT2D eigenvalue weighted by molar-refractivity contribution is -0.130. The Labute approximate surface area is 207 Å². The number of anilines is 1. The van der Waals surface area contributed by atoms with Gasteiger partial charge < -0.3 is 9.80 Å². The minimum atomic E-state index is 0.191. The highest BCUT2D eigenvalue weighted by atomic mass is 32.1. The predicted octanol–water partition coefficient (Wildman–Crippen LogP) is 4.60. The zero-order chi connectivity index (χ0) is 23.8. The number of carbonyl (C=O) groups excluding carboxylic acids is 1. The highest BCUT2D eigenvalue weighted by Gasteiger charge is 2.25. The Morgan fingerprint density at radius 3 is 2.66 bits per heavy atom. The van der Waals surface area contributed by atoms with Crippen molar-refractivity contribution in [3.05, 3.63) is 76.5 Å². The molecule has 7 nitrogen and oxygen atoms in total. The quantitative estimate of drug-likeness (QED) is 0.375. The maximum Gasteiger partial charge on any atom is 0.227 e. The average Bonchev–Trinajstić information content (AvgIpc) is 3.48. The van der Waals surface area contributed by atoms with Crippen LogP contribution in [0.5, 0.6) is 0 Å². The van der Waals surface area contributed by atoms with E-state index in [0.29, 0.717) is 19.5 Å². The van der Waals surface area contributed by atoms with Gasteiger partial charge in [-0.25, -0.2) is 9.38 Å². The van der Waals surface area contributed by atoms with Gasteiger partial charge in [-0.2, -0.15) is 0 Å². The summed E-state index contributed by atoms with van der Waals surface area (Å²) in [5, 5.41) is 12.2. The van der Waals surface area contributed by atoms with Gasteiger partial charge in [0.15, 0.2) is 11.5 Å². The molecule has 0 unspecified atom stereocenters. The lowest BCUT2D eigenvalue weighted by Crippen LogP contribution is -2.36. The molecule has 6 rings (SSSR count). The van der Waals surface area contributed by atoms with E-state index in [9.17, 15) is 4.79 Å². The number of nitrogens with zero attached hydrogens (tertiary/aromatic N) is 6. The molecule has 0 atom stereocenters. The number of hydrogen-bond donors (Lipinski definition) is 0. The molecule has 35 heavy (non-hydrogen) atoms. The first-order valence-electron chi connectivity index (χ1n) is 11.9. The van der Waals surface area contributed by atoms with Gasteiger partial charge in [0.25, 0.3) is 0 Å². The zero-order valence-electron chi connectivity index (χ0n) is 19.6. The van der Waals surface area contributed by atoms with Crippen molar-refractivity contribution in [2.75, 3.05) is 31.1 Å². The van der Waals surface area contributed by atoms with Gasteiger partial charge in [-0.1, -0.05) is 42.5 Å². The van der Waals surface area contributed by atoms with Gasteiger partial charge in [0, 0.05) is 42.0 Å². The molecule has 1 saturated heterocycles. The van der Waals surface area contributed by atoms with Gasteiger partial charge >= 0.3 is 0 Å². The van der Waals surface area contributed by atoms with Crippen LogP contribution in [0.4, 0.5) is 5.95 Å². The number of thiophene rings is 1. The third kappa shape index (κ3) is 4.04. The van der Waals surface area contributed by atoms with Crippen LogP contribution in [0.3, 0.4) is 0 Å². The van der Waals surface area contributed by atoms with Crippen LogP contribution in [0.25, 0.3) is 27.9 Å². The topological polar surface area (TPSA) is 66.6 Å². The SMILES string of the molecule is Cc1ccccc1-c1nnc2c3ccccc3nc(N3CCCN(C(=O)Cc4cccs4)CC3)n12. The van der Waals surface area contributed by atoms with E-state index in [1.165, 1.54) is 0 Å². The molecule has 0 spiro atoms. The second-order valence-corrected chi connectivity index (χ2v) is 9.94. The fraction of sp³-hybridized carbons (Fsp3) is 0.259. The van der Waals surface area contributed by atoms with Crippen molar-refractivity contribution < 1.29 is 4.79 Å². The second-order valence-electron chi connectivity index (χ2n) is 8.90.